The molecule has 0 atom stereocenters. The zero-order valence-electron chi connectivity index (χ0n) is 10.2. The minimum absolute atomic E-state index is 0.403. The second-order valence-electron chi connectivity index (χ2n) is 3.96. The monoisotopic (exact) mass is 282 g/mol. The third-order valence-electron chi connectivity index (χ3n) is 2.53. The van der Waals surface area contributed by atoms with Gasteiger partial charge in [-0.2, -0.15) is 0 Å². The number of aromatic nitrogens is 1. The predicted octanol–water partition coefficient (Wildman–Crippen LogP) is 3.32. The van der Waals surface area contributed by atoms with E-state index in [4.69, 9.17) is 0 Å². The van der Waals surface area contributed by atoms with E-state index >= 15 is 0 Å². The van der Waals surface area contributed by atoms with E-state index < -0.39 is 13.0 Å². The molecule has 0 spiro atoms. The Morgan fingerprint density at radius 3 is 2.63 bits per heavy atom. The van der Waals surface area contributed by atoms with Crippen LogP contribution in [0.1, 0.15) is 9.67 Å². The molecular formula is C13H12F2N2OS. The molecule has 0 fully saturated rings. The lowest BCUT2D eigenvalue weighted by Gasteiger charge is -2.14. The molecule has 2 rings (SSSR count). The van der Waals surface area contributed by atoms with Gasteiger partial charge in [0.1, 0.15) is 0 Å². The SMILES string of the molecule is CN(CC(F)F)c1nc(-c2ccccc2)c(C=O)s1. The largest absolute Gasteiger partial charge is 0.345 e. The first kappa shape index (κ1) is 13.6. The number of thiazole rings is 1. The highest BCUT2D eigenvalue weighted by atomic mass is 32.1. The number of benzene rings is 1. The molecule has 0 saturated heterocycles. The molecule has 100 valence electrons. The molecule has 0 aliphatic heterocycles. The second kappa shape index (κ2) is 5.88. The van der Waals surface area contributed by atoms with Crippen molar-refractivity contribution in [2.75, 3.05) is 18.5 Å². The molecule has 1 aromatic heterocycles. The molecule has 0 aliphatic rings. The number of nitrogens with zero attached hydrogens (tertiary/aromatic N) is 2. The minimum atomic E-state index is -2.44. The molecule has 3 nitrogen and oxygen atoms in total. The van der Waals surface area contributed by atoms with E-state index in [1.54, 1.807) is 0 Å². The van der Waals surface area contributed by atoms with Crippen LogP contribution in [-0.4, -0.2) is 31.3 Å². The van der Waals surface area contributed by atoms with Crippen molar-refractivity contribution >= 4 is 22.8 Å². The maximum Gasteiger partial charge on any atom is 0.255 e. The van der Waals surface area contributed by atoms with Gasteiger partial charge in [-0.25, -0.2) is 13.8 Å². The van der Waals surface area contributed by atoms with E-state index in [1.165, 1.54) is 11.9 Å². The maximum atomic E-state index is 12.3. The molecule has 1 heterocycles. The van der Waals surface area contributed by atoms with Crippen LogP contribution in [0.4, 0.5) is 13.9 Å². The van der Waals surface area contributed by atoms with Crippen molar-refractivity contribution in [2.45, 2.75) is 6.43 Å². The van der Waals surface area contributed by atoms with Crippen molar-refractivity contribution in [1.29, 1.82) is 0 Å². The molecule has 19 heavy (non-hydrogen) atoms. The van der Waals surface area contributed by atoms with E-state index in [0.29, 0.717) is 22.0 Å². The molecule has 0 aliphatic carbocycles. The number of hydrogen-bond donors (Lipinski definition) is 0. The average Bonchev–Trinajstić information content (AvgIpc) is 2.83. The summed E-state index contributed by atoms with van der Waals surface area (Å²) in [7, 11) is 1.54. The van der Waals surface area contributed by atoms with Gasteiger partial charge in [-0.15, -0.1) is 0 Å². The Morgan fingerprint density at radius 2 is 2.05 bits per heavy atom. The Hall–Kier alpha value is -1.82. The average molecular weight is 282 g/mol. The summed E-state index contributed by atoms with van der Waals surface area (Å²) in [6, 6.07) is 9.20. The quantitative estimate of drug-likeness (QED) is 0.789. The summed E-state index contributed by atoms with van der Waals surface area (Å²) in [5.74, 6) is 0. The van der Waals surface area contributed by atoms with E-state index in [0.717, 1.165) is 16.9 Å². The Kier molecular flexibility index (Phi) is 4.21. The zero-order valence-corrected chi connectivity index (χ0v) is 11.0. The Balaban J connectivity index is 2.35. The summed E-state index contributed by atoms with van der Waals surface area (Å²) in [5.41, 5.74) is 1.34. The number of hydrogen-bond acceptors (Lipinski definition) is 4. The lowest BCUT2D eigenvalue weighted by atomic mass is 10.1. The third kappa shape index (κ3) is 3.14. The minimum Gasteiger partial charge on any atom is -0.345 e. The molecular weight excluding hydrogens is 270 g/mol. The van der Waals surface area contributed by atoms with Crippen LogP contribution in [0.5, 0.6) is 0 Å². The summed E-state index contributed by atoms with van der Waals surface area (Å²) in [4.78, 5) is 17.1. The molecule has 6 heteroatoms. The number of alkyl halides is 2. The molecule has 0 unspecified atom stereocenters. The lowest BCUT2D eigenvalue weighted by molar-refractivity contribution is 0.112. The van der Waals surface area contributed by atoms with Crippen LogP contribution in [0.15, 0.2) is 30.3 Å². The number of rotatable bonds is 5. The van der Waals surface area contributed by atoms with Crippen LogP contribution in [0.2, 0.25) is 0 Å². The van der Waals surface area contributed by atoms with Gasteiger partial charge in [-0.1, -0.05) is 41.7 Å². The fraction of sp³-hybridized carbons (Fsp3) is 0.231. The van der Waals surface area contributed by atoms with Crippen LogP contribution in [0.3, 0.4) is 0 Å². The normalized spacial score (nSPS) is 10.7. The number of carbonyl (C=O) groups excluding carboxylic acids is 1. The van der Waals surface area contributed by atoms with E-state index in [2.05, 4.69) is 4.98 Å². The van der Waals surface area contributed by atoms with E-state index in [-0.39, 0.29) is 0 Å². The first-order valence-corrected chi connectivity index (χ1v) is 6.44. The lowest BCUT2D eigenvalue weighted by Crippen LogP contribution is -2.23. The Morgan fingerprint density at radius 1 is 1.37 bits per heavy atom. The Labute approximate surface area is 113 Å². The van der Waals surface area contributed by atoms with Crippen LogP contribution >= 0.6 is 11.3 Å². The van der Waals surface area contributed by atoms with Crippen LogP contribution in [-0.2, 0) is 0 Å². The zero-order chi connectivity index (χ0) is 13.8. The summed E-state index contributed by atoms with van der Waals surface area (Å²) in [6.45, 7) is -0.403. The standard InChI is InChI=1S/C13H12F2N2OS/c1-17(7-11(14)15)13-16-12(10(8-18)19-13)9-5-3-2-4-6-9/h2-6,8,11H,7H2,1H3. The van der Waals surface area contributed by atoms with Crippen molar-refractivity contribution in [3.63, 3.8) is 0 Å². The predicted molar refractivity (Wildman–Crippen MR) is 72.2 cm³/mol. The fourth-order valence-electron chi connectivity index (χ4n) is 1.65. The first-order chi connectivity index (χ1) is 9.11. The van der Waals surface area contributed by atoms with Gasteiger partial charge >= 0.3 is 0 Å². The van der Waals surface area contributed by atoms with Crippen LogP contribution < -0.4 is 4.90 Å². The maximum absolute atomic E-state index is 12.3. The van der Waals surface area contributed by atoms with Gasteiger partial charge in [-0.3, -0.25) is 4.79 Å². The van der Waals surface area contributed by atoms with Crippen molar-refractivity contribution in [3.8, 4) is 11.3 Å². The molecule has 1 aromatic carbocycles. The van der Waals surface area contributed by atoms with Gasteiger partial charge in [0.2, 0.25) is 0 Å². The third-order valence-corrected chi connectivity index (χ3v) is 3.63. The Bertz CT molecular complexity index is 557. The highest BCUT2D eigenvalue weighted by molar-refractivity contribution is 7.17. The summed E-state index contributed by atoms with van der Waals surface area (Å²) in [5, 5.41) is 0.418. The van der Waals surface area contributed by atoms with Crippen molar-refractivity contribution in [3.05, 3.63) is 35.2 Å². The molecule has 0 radical (unpaired) electrons. The van der Waals surface area contributed by atoms with Crippen molar-refractivity contribution in [1.82, 2.24) is 4.98 Å². The molecule has 0 N–H and O–H groups in total. The first-order valence-electron chi connectivity index (χ1n) is 5.62. The van der Waals surface area contributed by atoms with Gasteiger partial charge in [0.25, 0.3) is 6.43 Å². The number of aldehydes is 1. The number of anilines is 1. The molecule has 2 aromatic rings. The van der Waals surface area contributed by atoms with Gasteiger partial charge < -0.3 is 4.90 Å². The van der Waals surface area contributed by atoms with Gasteiger partial charge in [0.15, 0.2) is 11.4 Å². The van der Waals surface area contributed by atoms with E-state index in [9.17, 15) is 13.6 Å². The number of carbonyl (C=O) groups is 1. The number of halogens is 2. The molecule has 0 saturated carbocycles. The van der Waals surface area contributed by atoms with Crippen molar-refractivity contribution in [2.24, 2.45) is 0 Å². The summed E-state index contributed by atoms with van der Waals surface area (Å²) >= 11 is 1.12. The van der Waals surface area contributed by atoms with Gasteiger partial charge in [0.05, 0.1) is 17.1 Å². The van der Waals surface area contributed by atoms with E-state index in [1.807, 2.05) is 30.3 Å². The van der Waals surface area contributed by atoms with Gasteiger partial charge in [-0.05, 0) is 0 Å². The molecule has 0 amide bonds. The smallest absolute Gasteiger partial charge is 0.255 e. The fourth-order valence-corrected chi connectivity index (χ4v) is 2.52. The topological polar surface area (TPSA) is 33.2 Å². The van der Waals surface area contributed by atoms with Crippen LogP contribution in [0.25, 0.3) is 11.3 Å². The highest BCUT2D eigenvalue weighted by Gasteiger charge is 2.17. The van der Waals surface area contributed by atoms with Crippen LogP contribution in [0, 0.1) is 0 Å². The highest BCUT2D eigenvalue weighted by Crippen LogP contribution is 2.31. The summed E-state index contributed by atoms with van der Waals surface area (Å²) < 4.78 is 24.7. The second-order valence-corrected chi connectivity index (χ2v) is 4.97. The molecule has 0 bridgehead atoms. The van der Waals surface area contributed by atoms with Gasteiger partial charge in [0, 0.05) is 12.6 Å². The van der Waals surface area contributed by atoms with Crippen molar-refractivity contribution < 1.29 is 13.6 Å². The summed E-state index contributed by atoms with van der Waals surface area (Å²) in [6.07, 6.45) is -1.73.